The van der Waals surface area contributed by atoms with Crippen LogP contribution in [0.25, 0.3) is 16.9 Å². The molecule has 0 atom stereocenters. The zero-order chi connectivity index (χ0) is 16.2. The summed E-state index contributed by atoms with van der Waals surface area (Å²) in [6.45, 7) is 2.05. The number of fused-ring (bicyclic) bond motifs is 1. The van der Waals surface area contributed by atoms with Crippen molar-refractivity contribution < 1.29 is 9.18 Å². The second-order valence-corrected chi connectivity index (χ2v) is 5.40. The number of nitrogens with zero attached hydrogens (tertiary/aromatic N) is 2. The molecule has 3 rings (SSSR count). The monoisotopic (exact) mass is 311 g/mol. The first-order valence-corrected chi connectivity index (χ1v) is 7.72. The first kappa shape index (κ1) is 15.2. The lowest BCUT2D eigenvalue weighted by molar-refractivity contribution is -0.116. The molecule has 118 valence electrons. The van der Waals surface area contributed by atoms with Crippen molar-refractivity contribution in [1.29, 1.82) is 0 Å². The van der Waals surface area contributed by atoms with E-state index in [4.69, 9.17) is 0 Å². The molecule has 3 aromatic rings. The van der Waals surface area contributed by atoms with Gasteiger partial charge in [-0.25, -0.2) is 9.37 Å². The topological polar surface area (TPSA) is 46.4 Å². The summed E-state index contributed by atoms with van der Waals surface area (Å²) in [5.41, 5.74) is 2.14. The van der Waals surface area contributed by atoms with Crippen LogP contribution in [0, 0.1) is 5.82 Å². The van der Waals surface area contributed by atoms with Gasteiger partial charge in [-0.05, 0) is 42.8 Å². The average Bonchev–Trinajstić information content (AvgIpc) is 2.92. The van der Waals surface area contributed by atoms with Crippen molar-refractivity contribution in [2.24, 2.45) is 0 Å². The van der Waals surface area contributed by atoms with Gasteiger partial charge in [0.05, 0.1) is 0 Å². The van der Waals surface area contributed by atoms with Gasteiger partial charge in [0.2, 0.25) is 5.91 Å². The fourth-order valence-corrected chi connectivity index (χ4v) is 2.46. The van der Waals surface area contributed by atoms with Crippen LogP contribution in [0.5, 0.6) is 0 Å². The molecule has 0 saturated carbocycles. The van der Waals surface area contributed by atoms with Gasteiger partial charge in [0, 0.05) is 18.2 Å². The van der Waals surface area contributed by atoms with E-state index in [1.807, 2.05) is 35.7 Å². The molecule has 0 radical (unpaired) electrons. The van der Waals surface area contributed by atoms with E-state index in [-0.39, 0.29) is 11.7 Å². The van der Waals surface area contributed by atoms with E-state index in [0.717, 1.165) is 24.1 Å². The summed E-state index contributed by atoms with van der Waals surface area (Å²) >= 11 is 0. The number of benzene rings is 1. The van der Waals surface area contributed by atoms with Gasteiger partial charge in [-0.3, -0.25) is 9.20 Å². The lowest BCUT2D eigenvalue weighted by atomic mass is 10.1. The van der Waals surface area contributed by atoms with Gasteiger partial charge >= 0.3 is 0 Å². The van der Waals surface area contributed by atoms with Crippen LogP contribution >= 0.6 is 0 Å². The van der Waals surface area contributed by atoms with Crippen molar-refractivity contribution in [3.63, 3.8) is 0 Å². The van der Waals surface area contributed by atoms with Crippen molar-refractivity contribution in [3.05, 3.63) is 54.5 Å². The van der Waals surface area contributed by atoms with E-state index in [2.05, 4.69) is 10.3 Å². The lowest BCUT2D eigenvalue weighted by Gasteiger charge is -2.07. The number of aromatic nitrogens is 2. The van der Waals surface area contributed by atoms with E-state index < -0.39 is 0 Å². The Morgan fingerprint density at radius 2 is 2.00 bits per heavy atom. The molecule has 1 amide bonds. The van der Waals surface area contributed by atoms with Crippen LogP contribution in [0.4, 0.5) is 10.2 Å². The number of rotatable bonds is 5. The molecule has 0 saturated heterocycles. The molecule has 0 spiro atoms. The molecule has 5 heteroatoms. The molecule has 0 unspecified atom stereocenters. The number of carbonyl (C=O) groups excluding carboxylic acids is 1. The fraction of sp³-hybridized carbons (Fsp3) is 0.222. The number of pyridine rings is 1. The number of hydrogen-bond acceptors (Lipinski definition) is 2. The van der Waals surface area contributed by atoms with Crippen molar-refractivity contribution in [1.82, 2.24) is 9.38 Å². The fourth-order valence-electron chi connectivity index (χ4n) is 2.46. The highest BCUT2D eigenvalue weighted by atomic mass is 19.1. The van der Waals surface area contributed by atoms with E-state index in [1.165, 1.54) is 12.1 Å². The average molecular weight is 311 g/mol. The smallest absolute Gasteiger partial charge is 0.225 e. The van der Waals surface area contributed by atoms with E-state index in [1.54, 1.807) is 12.1 Å². The maximum Gasteiger partial charge on any atom is 0.225 e. The molecule has 0 bridgehead atoms. The predicted octanol–water partition coefficient (Wildman–Crippen LogP) is 4.27. The highest BCUT2D eigenvalue weighted by molar-refractivity contribution is 5.94. The SMILES string of the molecule is CCCCC(=O)Nc1c(-c2ccc(F)cc2)nc2ccccn12. The zero-order valence-corrected chi connectivity index (χ0v) is 12.9. The molecule has 0 aliphatic carbocycles. The largest absolute Gasteiger partial charge is 0.310 e. The normalized spacial score (nSPS) is 10.9. The van der Waals surface area contributed by atoms with E-state index in [0.29, 0.717) is 17.9 Å². The summed E-state index contributed by atoms with van der Waals surface area (Å²) < 4.78 is 15.0. The van der Waals surface area contributed by atoms with Crippen molar-refractivity contribution >= 4 is 17.4 Å². The number of unbranched alkanes of at least 4 members (excludes halogenated alkanes) is 1. The minimum atomic E-state index is -0.300. The van der Waals surface area contributed by atoms with Crippen LogP contribution < -0.4 is 5.32 Å². The summed E-state index contributed by atoms with van der Waals surface area (Å²) in [5.74, 6) is 0.278. The predicted molar refractivity (Wildman–Crippen MR) is 88.7 cm³/mol. The summed E-state index contributed by atoms with van der Waals surface area (Å²) in [6.07, 6.45) is 4.13. The summed E-state index contributed by atoms with van der Waals surface area (Å²) in [5, 5.41) is 2.95. The van der Waals surface area contributed by atoms with Crippen LogP contribution in [0.2, 0.25) is 0 Å². The molecule has 0 fully saturated rings. The third kappa shape index (κ3) is 3.23. The van der Waals surface area contributed by atoms with Gasteiger partial charge in [0.25, 0.3) is 0 Å². The third-order valence-corrected chi connectivity index (χ3v) is 3.66. The van der Waals surface area contributed by atoms with Crippen LogP contribution in [0.1, 0.15) is 26.2 Å². The molecule has 23 heavy (non-hydrogen) atoms. The third-order valence-electron chi connectivity index (χ3n) is 3.66. The second-order valence-electron chi connectivity index (χ2n) is 5.40. The Labute approximate surface area is 134 Å². The number of hydrogen-bond donors (Lipinski definition) is 1. The van der Waals surface area contributed by atoms with Crippen molar-refractivity contribution in [2.45, 2.75) is 26.2 Å². The lowest BCUT2D eigenvalue weighted by Crippen LogP contribution is -2.13. The van der Waals surface area contributed by atoms with Crippen molar-refractivity contribution in [2.75, 3.05) is 5.32 Å². The highest BCUT2D eigenvalue weighted by Gasteiger charge is 2.16. The first-order valence-electron chi connectivity index (χ1n) is 7.72. The maximum atomic E-state index is 13.2. The Kier molecular flexibility index (Phi) is 4.37. The van der Waals surface area contributed by atoms with Crippen LogP contribution in [0.15, 0.2) is 48.7 Å². The maximum absolute atomic E-state index is 13.2. The van der Waals surface area contributed by atoms with Gasteiger partial charge in [-0.15, -0.1) is 0 Å². The summed E-state index contributed by atoms with van der Waals surface area (Å²) in [7, 11) is 0. The second kappa shape index (κ2) is 6.60. The Morgan fingerprint density at radius 3 is 2.74 bits per heavy atom. The number of anilines is 1. The molecule has 0 aliphatic rings. The number of halogens is 1. The summed E-state index contributed by atoms with van der Waals surface area (Å²) in [6, 6.07) is 11.8. The molecule has 0 aliphatic heterocycles. The minimum Gasteiger partial charge on any atom is -0.310 e. The number of imidazole rings is 1. The standard InChI is InChI=1S/C18H18FN3O/c1-2-3-7-16(23)21-18-17(13-8-10-14(19)11-9-13)20-15-6-4-5-12-22(15)18/h4-6,8-12H,2-3,7H2,1H3,(H,21,23). The highest BCUT2D eigenvalue weighted by Crippen LogP contribution is 2.29. The van der Waals surface area contributed by atoms with Crippen molar-refractivity contribution in [3.8, 4) is 11.3 Å². The molecular weight excluding hydrogens is 293 g/mol. The van der Waals surface area contributed by atoms with Gasteiger partial charge in [0.1, 0.15) is 23.0 Å². The Bertz CT molecular complexity index is 824. The van der Waals surface area contributed by atoms with Gasteiger partial charge in [0.15, 0.2) is 0 Å². The first-order chi connectivity index (χ1) is 11.2. The van der Waals surface area contributed by atoms with Crippen LogP contribution in [-0.2, 0) is 4.79 Å². The molecule has 1 aromatic carbocycles. The molecule has 2 heterocycles. The van der Waals surface area contributed by atoms with Gasteiger partial charge < -0.3 is 5.32 Å². The zero-order valence-electron chi connectivity index (χ0n) is 12.9. The molecule has 1 N–H and O–H groups in total. The number of nitrogens with one attached hydrogen (secondary N) is 1. The Hall–Kier alpha value is -2.69. The molecule has 4 nitrogen and oxygen atoms in total. The van der Waals surface area contributed by atoms with Crippen LogP contribution in [-0.4, -0.2) is 15.3 Å². The molecule has 2 aromatic heterocycles. The van der Waals surface area contributed by atoms with Crippen LogP contribution in [0.3, 0.4) is 0 Å². The van der Waals surface area contributed by atoms with Gasteiger partial charge in [-0.2, -0.15) is 0 Å². The quantitative estimate of drug-likeness (QED) is 0.765. The molecular formula is C18H18FN3O. The number of carbonyl (C=O) groups is 1. The van der Waals surface area contributed by atoms with Gasteiger partial charge in [-0.1, -0.05) is 19.4 Å². The summed E-state index contributed by atoms with van der Waals surface area (Å²) in [4.78, 5) is 16.7. The Balaban J connectivity index is 2.04. The van der Waals surface area contributed by atoms with E-state index in [9.17, 15) is 9.18 Å². The Morgan fingerprint density at radius 1 is 1.22 bits per heavy atom. The van der Waals surface area contributed by atoms with E-state index >= 15 is 0 Å². The minimum absolute atomic E-state index is 0.0409. The number of amides is 1.